The fraction of sp³-hybridized carbons (Fsp3) is 0.133. The molecule has 2 aromatic heterocycles. The van der Waals surface area contributed by atoms with Crippen LogP contribution in [0, 0.1) is 6.92 Å². The predicted molar refractivity (Wildman–Crippen MR) is 84.7 cm³/mol. The van der Waals surface area contributed by atoms with E-state index in [2.05, 4.69) is 15.0 Å². The highest BCUT2D eigenvalue weighted by Gasteiger charge is 2.09. The van der Waals surface area contributed by atoms with Crippen LogP contribution in [-0.4, -0.2) is 20.1 Å². The lowest BCUT2D eigenvalue weighted by atomic mass is 10.1. The van der Waals surface area contributed by atoms with Gasteiger partial charge in [-0.25, -0.2) is 4.98 Å². The normalized spacial score (nSPS) is 11.0. The Balaban J connectivity index is 1.93. The van der Waals surface area contributed by atoms with E-state index in [0.29, 0.717) is 15.9 Å². The van der Waals surface area contributed by atoms with Crippen molar-refractivity contribution >= 4 is 34.3 Å². The van der Waals surface area contributed by atoms with E-state index in [1.54, 1.807) is 6.20 Å². The summed E-state index contributed by atoms with van der Waals surface area (Å²) in [4.78, 5) is 12.6. The van der Waals surface area contributed by atoms with E-state index in [0.717, 1.165) is 22.2 Å². The van der Waals surface area contributed by atoms with Crippen molar-refractivity contribution in [1.29, 1.82) is 0 Å². The van der Waals surface area contributed by atoms with Gasteiger partial charge in [0.15, 0.2) is 5.16 Å². The van der Waals surface area contributed by atoms with Crippen molar-refractivity contribution in [2.75, 3.05) is 0 Å². The van der Waals surface area contributed by atoms with Crippen molar-refractivity contribution in [2.45, 2.75) is 17.8 Å². The van der Waals surface area contributed by atoms with Crippen LogP contribution in [0.3, 0.4) is 0 Å². The second-order valence-electron chi connectivity index (χ2n) is 4.54. The lowest BCUT2D eigenvalue weighted by molar-refractivity contribution is 0.444. The van der Waals surface area contributed by atoms with Gasteiger partial charge in [-0.15, -0.1) is 0 Å². The Kier molecular flexibility index (Phi) is 3.94. The topological polar surface area (TPSA) is 58.9 Å². The Morgan fingerprint density at radius 2 is 2.05 bits per heavy atom. The number of fused-ring (bicyclic) bond motifs is 1. The van der Waals surface area contributed by atoms with E-state index in [9.17, 15) is 5.11 Å². The van der Waals surface area contributed by atoms with E-state index < -0.39 is 0 Å². The summed E-state index contributed by atoms with van der Waals surface area (Å²) in [5.41, 5.74) is 2.64. The zero-order chi connectivity index (χ0) is 14.8. The Morgan fingerprint density at radius 1 is 1.24 bits per heavy atom. The number of para-hydroxylation sites is 1. The molecule has 6 heteroatoms. The summed E-state index contributed by atoms with van der Waals surface area (Å²) in [7, 11) is 0. The Labute approximate surface area is 131 Å². The van der Waals surface area contributed by atoms with Crippen molar-refractivity contribution in [3.8, 4) is 5.88 Å². The summed E-state index contributed by atoms with van der Waals surface area (Å²) in [6.07, 6.45) is 1.66. The second kappa shape index (κ2) is 5.87. The maximum atomic E-state index is 9.52. The average Bonchev–Trinajstić information content (AvgIpc) is 2.45. The van der Waals surface area contributed by atoms with Crippen LogP contribution >= 0.6 is 23.4 Å². The van der Waals surface area contributed by atoms with Crippen molar-refractivity contribution < 1.29 is 5.11 Å². The molecule has 1 N–H and O–H groups in total. The summed E-state index contributed by atoms with van der Waals surface area (Å²) in [6.45, 7) is 1.82. The fourth-order valence-electron chi connectivity index (χ4n) is 2.05. The van der Waals surface area contributed by atoms with Crippen molar-refractivity contribution in [3.63, 3.8) is 0 Å². The van der Waals surface area contributed by atoms with Crippen LogP contribution in [0.25, 0.3) is 10.9 Å². The summed E-state index contributed by atoms with van der Waals surface area (Å²) < 4.78 is 0. The third-order valence-corrected chi connectivity index (χ3v) is 4.20. The molecule has 0 fully saturated rings. The number of hydrogen-bond acceptors (Lipinski definition) is 5. The largest absolute Gasteiger partial charge is 0.493 e. The second-order valence-corrected chi connectivity index (χ2v) is 5.89. The van der Waals surface area contributed by atoms with Crippen LogP contribution in [0.2, 0.25) is 5.02 Å². The molecule has 21 heavy (non-hydrogen) atoms. The minimum absolute atomic E-state index is 0.0179. The van der Waals surface area contributed by atoms with E-state index >= 15 is 0 Å². The van der Waals surface area contributed by atoms with Crippen molar-refractivity contribution in [1.82, 2.24) is 15.0 Å². The molecule has 0 aliphatic rings. The molecular weight excluding hydrogens is 306 g/mol. The molecular formula is C15H12ClN3OS. The summed E-state index contributed by atoms with van der Waals surface area (Å²) in [6, 6.07) is 9.39. The molecule has 0 aliphatic heterocycles. The number of pyridine rings is 1. The van der Waals surface area contributed by atoms with Gasteiger partial charge >= 0.3 is 0 Å². The highest BCUT2D eigenvalue weighted by Crippen LogP contribution is 2.30. The highest BCUT2D eigenvalue weighted by molar-refractivity contribution is 7.98. The molecule has 3 aromatic rings. The minimum Gasteiger partial charge on any atom is -0.493 e. The molecule has 106 valence electrons. The molecule has 1 aromatic carbocycles. The van der Waals surface area contributed by atoms with E-state index in [1.807, 2.05) is 31.2 Å². The molecule has 0 unspecified atom stereocenters. The van der Waals surface area contributed by atoms with Gasteiger partial charge < -0.3 is 5.11 Å². The van der Waals surface area contributed by atoms with Gasteiger partial charge in [-0.2, -0.15) is 4.98 Å². The number of hydrogen-bond donors (Lipinski definition) is 1. The molecule has 0 amide bonds. The minimum atomic E-state index is -0.0179. The Bertz CT molecular complexity index is 790. The predicted octanol–water partition coefficient (Wildman–Crippen LogP) is 3.98. The van der Waals surface area contributed by atoms with E-state index in [1.165, 1.54) is 17.8 Å². The Hall–Kier alpha value is -1.85. The Morgan fingerprint density at radius 3 is 2.86 bits per heavy atom. The number of aryl methyl sites for hydroxylation is 1. The molecule has 4 nitrogen and oxygen atoms in total. The van der Waals surface area contributed by atoms with Crippen LogP contribution < -0.4 is 0 Å². The zero-order valence-corrected chi connectivity index (χ0v) is 12.8. The number of rotatable bonds is 3. The van der Waals surface area contributed by atoms with Crippen LogP contribution in [0.4, 0.5) is 0 Å². The highest BCUT2D eigenvalue weighted by atomic mass is 35.5. The molecule has 0 radical (unpaired) electrons. The van der Waals surface area contributed by atoms with Gasteiger partial charge in [-0.1, -0.05) is 41.6 Å². The number of aromatic hydroxyl groups is 1. The smallest absolute Gasteiger partial charge is 0.215 e. The van der Waals surface area contributed by atoms with Gasteiger partial charge in [-0.05, 0) is 18.6 Å². The first-order valence-corrected chi connectivity index (χ1v) is 7.69. The molecule has 0 saturated carbocycles. The maximum Gasteiger partial charge on any atom is 0.215 e. The van der Waals surface area contributed by atoms with Crippen LogP contribution in [0.5, 0.6) is 5.88 Å². The van der Waals surface area contributed by atoms with Gasteiger partial charge in [0.25, 0.3) is 0 Å². The van der Waals surface area contributed by atoms with Gasteiger partial charge in [0.2, 0.25) is 5.88 Å². The summed E-state index contributed by atoms with van der Waals surface area (Å²) >= 11 is 7.70. The van der Waals surface area contributed by atoms with E-state index in [4.69, 9.17) is 11.6 Å². The van der Waals surface area contributed by atoms with Gasteiger partial charge in [0.1, 0.15) is 0 Å². The quantitative estimate of drug-likeness (QED) is 0.585. The first-order chi connectivity index (χ1) is 10.1. The molecule has 0 bridgehead atoms. The molecule has 0 atom stereocenters. The van der Waals surface area contributed by atoms with Crippen LogP contribution in [0.15, 0.2) is 41.7 Å². The molecule has 0 saturated heterocycles. The first kappa shape index (κ1) is 14.1. The zero-order valence-electron chi connectivity index (χ0n) is 11.2. The summed E-state index contributed by atoms with van der Waals surface area (Å²) in [5.74, 6) is 0.598. The fourth-order valence-corrected chi connectivity index (χ4v) is 3.30. The van der Waals surface area contributed by atoms with Crippen LogP contribution in [-0.2, 0) is 5.75 Å². The van der Waals surface area contributed by atoms with E-state index in [-0.39, 0.29) is 5.88 Å². The lowest BCUT2D eigenvalue weighted by Crippen LogP contribution is -1.93. The van der Waals surface area contributed by atoms with Crippen LogP contribution in [0.1, 0.15) is 11.3 Å². The number of aromatic nitrogens is 3. The monoisotopic (exact) mass is 317 g/mol. The lowest BCUT2D eigenvalue weighted by Gasteiger charge is -2.08. The standard InChI is InChI=1S/C15H12ClN3OS/c1-9-6-14(20)19-15(18-9)21-8-11-10-4-2-3-5-13(10)17-7-12(11)16/h2-7H,8H2,1H3,(H,18,19,20). The SMILES string of the molecule is Cc1cc(O)nc(SCc2c(Cl)cnc3ccccc23)n1. The third kappa shape index (κ3) is 3.09. The molecule has 0 spiro atoms. The van der Waals surface area contributed by atoms with Gasteiger partial charge in [0.05, 0.1) is 10.5 Å². The number of benzene rings is 1. The first-order valence-electron chi connectivity index (χ1n) is 6.33. The van der Waals surface area contributed by atoms with Gasteiger partial charge in [-0.3, -0.25) is 4.98 Å². The van der Waals surface area contributed by atoms with Crippen molar-refractivity contribution in [3.05, 3.63) is 52.8 Å². The van der Waals surface area contributed by atoms with Gasteiger partial charge in [0, 0.05) is 29.1 Å². The summed E-state index contributed by atoms with van der Waals surface area (Å²) in [5, 5.41) is 11.7. The number of thioether (sulfide) groups is 1. The number of halogens is 1. The number of nitrogens with zero attached hydrogens (tertiary/aromatic N) is 3. The van der Waals surface area contributed by atoms with Crippen molar-refractivity contribution in [2.24, 2.45) is 0 Å². The molecule has 0 aliphatic carbocycles. The molecule has 2 heterocycles. The average molecular weight is 318 g/mol. The maximum absolute atomic E-state index is 9.52. The third-order valence-electron chi connectivity index (χ3n) is 3.00. The molecule has 3 rings (SSSR count).